The summed E-state index contributed by atoms with van der Waals surface area (Å²) in [5, 5.41) is 9.42. The summed E-state index contributed by atoms with van der Waals surface area (Å²) in [5.74, 6) is -1.44. The molecule has 0 spiro atoms. The number of aliphatic carboxylic acids is 1. The molecule has 5 heteroatoms. The van der Waals surface area contributed by atoms with E-state index in [1.807, 2.05) is 13.8 Å². The van der Waals surface area contributed by atoms with Gasteiger partial charge in [0.2, 0.25) is 5.91 Å². The number of carbonyl (C=O) groups excluding carboxylic acids is 1. The van der Waals surface area contributed by atoms with Gasteiger partial charge < -0.3 is 10.0 Å². The fraction of sp³-hybridized carbons (Fsp3) is 0.429. The number of anilines is 1. The largest absolute Gasteiger partial charge is 0.480 e. The van der Waals surface area contributed by atoms with E-state index in [0.29, 0.717) is 10.7 Å². The van der Waals surface area contributed by atoms with Crippen molar-refractivity contribution in [2.75, 3.05) is 11.4 Å². The summed E-state index contributed by atoms with van der Waals surface area (Å²) >= 11 is 5.89. The van der Waals surface area contributed by atoms with Gasteiger partial charge in [0.1, 0.15) is 6.54 Å². The fourth-order valence-corrected chi connectivity index (χ4v) is 2.08. The second kappa shape index (κ2) is 7.14. The molecule has 0 aliphatic carbocycles. The molecule has 1 aromatic carbocycles. The summed E-state index contributed by atoms with van der Waals surface area (Å²) < 4.78 is 0. The molecule has 19 heavy (non-hydrogen) atoms. The highest BCUT2D eigenvalue weighted by Gasteiger charge is 2.23. The minimum absolute atomic E-state index is 0.188. The lowest BCUT2D eigenvalue weighted by Crippen LogP contribution is -2.39. The van der Waals surface area contributed by atoms with E-state index in [0.717, 1.165) is 12.8 Å². The fourth-order valence-electron chi connectivity index (χ4n) is 1.90. The molecule has 0 heterocycles. The number of hydrogen-bond donors (Lipinski definition) is 1. The van der Waals surface area contributed by atoms with E-state index < -0.39 is 5.97 Å². The molecule has 0 fully saturated rings. The topological polar surface area (TPSA) is 57.6 Å². The number of carbonyl (C=O) groups is 2. The summed E-state index contributed by atoms with van der Waals surface area (Å²) in [4.78, 5) is 24.5. The predicted molar refractivity (Wildman–Crippen MR) is 75.5 cm³/mol. The summed E-state index contributed by atoms with van der Waals surface area (Å²) in [6.07, 6.45) is 1.61. The molecule has 0 aliphatic rings. The Labute approximate surface area is 118 Å². The standard InChI is InChI=1S/C14H18ClNO3/c1-3-5-10(2)14(19)16(9-13(17)18)12-7-4-6-11(15)8-12/h4,6-8,10H,3,5,9H2,1-2H3,(H,17,18). The van der Waals surface area contributed by atoms with Crippen LogP contribution in [0, 0.1) is 5.92 Å². The van der Waals surface area contributed by atoms with Crippen molar-refractivity contribution in [3.8, 4) is 0 Å². The molecule has 1 aromatic rings. The molecule has 0 aliphatic heterocycles. The van der Waals surface area contributed by atoms with Crippen LogP contribution in [-0.2, 0) is 9.59 Å². The van der Waals surface area contributed by atoms with Crippen LogP contribution in [0.2, 0.25) is 5.02 Å². The van der Waals surface area contributed by atoms with Gasteiger partial charge in [0, 0.05) is 16.6 Å². The van der Waals surface area contributed by atoms with E-state index in [1.54, 1.807) is 24.3 Å². The molecular formula is C14H18ClNO3. The zero-order chi connectivity index (χ0) is 14.4. The number of halogens is 1. The highest BCUT2D eigenvalue weighted by atomic mass is 35.5. The Morgan fingerprint density at radius 1 is 1.42 bits per heavy atom. The van der Waals surface area contributed by atoms with Gasteiger partial charge >= 0.3 is 5.97 Å². The Morgan fingerprint density at radius 3 is 2.63 bits per heavy atom. The highest BCUT2D eigenvalue weighted by molar-refractivity contribution is 6.30. The first-order valence-electron chi connectivity index (χ1n) is 6.24. The Balaban J connectivity index is 3.00. The molecule has 0 aromatic heterocycles. The van der Waals surface area contributed by atoms with Gasteiger partial charge in [0.05, 0.1) is 0 Å². The van der Waals surface area contributed by atoms with E-state index >= 15 is 0 Å². The number of carboxylic acids is 1. The average molecular weight is 284 g/mol. The monoisotopic (exact) mass is 283 g/mol. The predicted octanol–water partition coefficient (Wildman–Crippen LogP) is 3.19. The first-order chi connectivity index (χ1) is 8.95. The van der Waals surface area contributed by atoms with Crippen LogP contribution in [0.3, 0.4) is 0 Å². The van der Waals surface area contributed by atoms with Crippen LogP contribution < -0.4 is 4.90 Å². The smallest absolute Gasteiger partial charge is 0.323 e. The molecule has 1 rings (SSSR count). The van der Waals surface area contributed by atoms with Crippen molar-refractivity contribution in [1.29, 1.82) is 0 Å². The second-order valence-corrected chi connectivity index (χ2v) is 4.92. The molecule has 104 valence electrons. The van der Waals surface area contributed by atoms with Crippen molar-refractivity contribution in [3.05, 3.63) is 29.3 Å². The van der Waals surface area contributed by atoms with Crippen molar-refractivity contribution >= 4 is 29.2 Å². The first kappa shape index (κ1) is 15.5. The van der Waals surface area contributed by atoms with Crippen LogP contribution in [0.25, 0.3) is 0 Å². The van der Waals surface area contributed by atoms with Crippen LogP contribution in [0.15, 0.2) is 24.3 Å². The second-order valence-electron chi connectivity index (χ2n) is 4.49. The number of carboxylic acid groups (broad SMARTS) is 1. The maximum Gasteiger partial charge on any atom is 0.323 e. The van der Waals surface area contributed by atoms with E-state index in [1.165, 1.54) is 4.90 Å². The third-order valence-corrected chi connectivity index (χ3v) is 3.06. The maximum absolute atomic E-state index is 12.3. The Kier molecular flexibility index (Phi) is 5.83. The van der Waals surface area contributed by atoms with E-state index in [2.05, 4.69) is 0 Å². The van der Waals surface area contributed by atoms with Gasteiger partial charge in [-0.1, -0.05) is 37.9 Å². The van der Waals surface area contributed by atoms with Gasteiger partial charge in [-0.2, -0.15) is 0 Å². The van der Waals surface area contributed by atoms with Crippen molar-refractivity contribution in [2.45, 2.75) is 26.7 Å². The Bertz CT molecular complexity index is 462. The van der Waals surface area contributed by atoms with Crippen molar-refractivity contribution in [2.24, 2.45) is 5.92 Å². The summed E-state index contributed by atoms with van der Waals surface area (Å²) in [7, 11) is 0. The minimum atomic E-state index is -1.04. The lowest BCUT2D eigenvalue weighted by molar-refractivity contribution is -0.137. The van der Waals surface area contributed by atoms with Crippen molar-refractivity contribution < 1.29 is 14.7 Å². The van der Waals surface area contributed by atoms with Crippen LogP contribution in [0.5, 0.6) is 0 Å². The zero-order valence-corrected chi connectivity index (χ0v) is 11.9. The maximum atomic E-state index is 12.3. The van der Waals surface area contributed by atoms with Crippen molar-refractivity contribution in [1.82, 2.24) is 0 Å². The van der Waals surface area contributed by atoms with Crippen LogP contribution in [0.4, 0.5) is 5.69 Å². The van der Waals surface area contributed by atoms with Gasteiger partial charge in [-0.05, 0) is 24.6 Å². The average Bonchev–Trinajstić information content (AvgIpc) is 2.35. The van der Waals surface area contributed by atoms with Crippen LogP contribution in [0.1, 0.15) is 26.7 Å². The number of nitrogens with zero attached hydrogens (tertiary/aromatic N) is 1. The van der Waals surface area contributed by atoms with Gasteiger partial charge in [-0.15, -0.1) is 0 Å². The van der Waals surface area contributed by atoms with Gasteiger partial charge in [-0.25, -0.2) is 0 Å². The quantitative estimate of drug-likeness (QED) is 0.872. The summed E-state index contributed by atoms with van der Waals surface area (Å²) in [5.41, 5.74) is 0.517. The van der Waals surface area contributed by atoms with Crippen molar-refractivity contribution in [3.63, 3.8) is 0 Å². The molecule has 1 N–H and O–H groups in total. The summed E-state index contributed by atoms with van der Waals surface area (Å²) in [6.45, 7) is 3.45. The normalized spacial score (nSPS) is 11.9. The molecule has 0 bridgehead atoms. The van der Waals surface area contributed by atoms with E-state index in [9.17, 15) is 9.59 Å². The molecule has 4 nitrogen and oxygen atoms in total. The van der Waals surface area contributed by atoms with Crippen LogP contribution >= 0.6 is 11.6 Å². The minimum Gasteiger partial charge on any atom is -0.480 e. The van der Waals surface area contributed by atoms with Gasteiger partial charge in [0.15, 0.2) is 0 Å². The van der Waals surface area contributed by atoms with Gasteiger partial charge in [0.25, 0.3) is 0 Å². The summed E-state index contributed by atoms with van der Waals surface area (Å²) in [6, 6.07) is 6.67. The molecule has 0 saturated carbocycles. The molecule has 0 saturated heterocycles. The van der Waals surface area contributed by atoms with E-state index in [-0.39, 0.29) is 18.4 Å². The van der Waals surface area contributed by atoms with Crippen LogP contribution in [-0.4, -0.2) is 23.5 Å². The third kappa shape index (κ3) is 4.56. The Hall–Kier alpha value is -1.55. The molecule has 1 unspecified atom stereocenters. The molecule has 1 amide bonds. The number of rotatable bonds is 6. The SMILES string of the molecule is CCCC(C)C(=O)N(CC(=O)O)c1cccc(Cl)c1. The molecule has 1 atom stereocenters. The molecule has 0 radical (unpaired) electrons. The third-order valence-electron chi connectivity index (χ3n) is 2.82. The Morgan fingerprint density at radius 2 is 2.11 bits per heavy atom. The highest BCUT2D eigenvalue weighted by Crippen LogP contribution is 2.22. The molecular weight excluding hydrogens is 266 g/mol. The van der Waals surface area contributed by atoms with Gasteiger partial charge in [-0.3, -0.25) is 9.59 Å². The zero-order valence-electron chi connectivity index (χ0n) is 11.1. The lowest BCUT2D eigenvalue weighted by Gasteiger charge is -2.24. The number of amides is 1. The van der Waals surface area contributed by atoms with E-state index in [4.69, 9.17) is 16.7 Å². The first-order valence-corrected chi connectivity index (χ1v) is 6.62. The number of benzene rings is 1. The lowest BCUT2D eigenvalue weighted by atomic mass is 10.0. The number of hydrogen-bond acceptors (Lipinski definition) is 2.